The molecule has 0 spiro atoms. The molecule has 0 radical (unpaired) electrons. The van der Waals surface area contributed by atoms with Crippen LogP contribution < -0.4 is 0 Å². The molecule has 0 aliphatic heterocycles. The number of nitrogens with zero attached hydrogens (tertiary/aromatic N) is 1. The van der Waals surface area contributed by atoms with Crippen LogP contribution in [0.2, 0.25) is 0 Å². The van der Waals surface area contributed by atoms with E-state index in [1.807, 2.05) is 0 Å². The maximum absolute atomic E-state index is 10.8. The molecule has 0 atom stereocenters. The number of hydrogen-bond acceptors (Lipinski definition) is 4. The minimum absolute atomic E-state index is 0.232. The van der Waals surface area contributed by atoms with Crippen molar-refractivity contribution in [3.05, 3.63) is 31.9 Å². The van der Waals surface area contributed by atoms with Gasteiger partial charge in [-0.25, -0.2) is 0 Å². The Balaban J connectivity index is 3.44. The Bertz CT molecular complexity index is 483. The van der Waals surface area contributed by atoms with Crippen LogP contribution in [0.15, 0.2) is 23.1 Å². The van der Waals surface area contributed by atoms with Gasteiger partial charge in [-0.05, 0) is 28.7 Å². The van der Waals surface area contributed by atoms with Crippen LogP contribution in [0.5, 0.6) is 0 Å². The van der Waals surface area contributed by atoms with Crippen LogP contribution in [0.3, 0.4) is 0 Å². The summed E-state index contributed by atoms with van der Waals surface area (Å²) in [6, 6.07) is 3.23. The van der Waals surface area contributed by atoms with E-state index >= 15 is 0 Å². The average molecular weight is 329 g/mol. The van der Waals surface area contributed by atoms with Gasteiger partial charge in [-0.1, -0.05) is 0 Å². The molecule has 0 unspecified atom stereocenters. The zero-order chi connectivity index (χ0) is 10.9. The van der Waals surface area contributed by atoms with Gasteiger partial charge in [-0.3, -0.25) is 14.7 Å². The van der Waals surface area contributed by atoms with E-state index in [2.05, 4.69) is 0 Å². The smallest absolute Gasteiger partial charge is 0.282 e. The lowest BCUT2D eigenvalue weighted by Gasteiger charge is -1.99. The van der Waals surface area contributed by atoms with Crippen molar-refractivity contribution in [2.75, 3.05) is 0 Å². The van der Waals surface area contributed by atoms with E-state index in [0.717, 1.165) is 12.1 Å². The van der Waals surface area contributed by atoms with Gasteiger partial charge in [-0.15, -0.1) is 0 Å². The van der Waals surface area contributed by atoms with Gasteiger partial charge in [0.15, 0.2) is 0 Å². The van der Waals surface area contributed by atoms with Crippen molar-refractivity contribution >= 4 is 38.4 Å². The van der Waals surface area contributed by atoms with Gasteiger partial charge in [-0.2, -0.15) is 8.42 Å². The molecule has 0 heterocycles. The van der Waals surface area contributed by atoms with Crippen LogP contribution in [0.4, 0.5) is 5.69 Å². The van der Waals surface area contributed by atoms with Crippen molar-refractivity contribution in [1.82, 2.24) is 0 Å². The minimum Gasteiger partial charge on any atom is -0.282 e. The minimum atomic E-state index is -4.40. The molecular formula is C6H4INO5S. The third-order valence-electron chi connectivity index (χ3n) is 1.40. The second-order valence-electron chi connectivity index (χ2n) is 2.35. The van der Waals surface area contributed by atoms with Gasteiger partial charge >= 0.3 is 0 Å². The fourth-order valence-electron chi connectivity index (χ4n) is 0.803. The molecule has 1 aromatic carbocycles. The van der Waals surface area contributed by atoms with Crippen molar-refractivity contribution in [1.29, 1.82) is 0 Å². The van der Waals surface area contributed by atoms with Crippen LogP contribution in [0.25, 0.3) is 0 Å². The standard InChI is InChI=1S/C6H4INO5S/c7-5-2-1-4(8(9)10)3-6(5)14(11,12)13/h1-3H,(H,11,12,13). The fraction of sp³-hybridized carbons (Fsp3) is 0. The maximum Gasteiger partial charge on any atom is 0.295 e. The van der Waals surface area contributed by atoms with Crippen molar-refractivity contribution in [2.24, 2.45) is 0 Å². The Labute approximate surface area is 93.0 Å². The predicted molar refractivity (Wildman–Crippen MR) is 55.6 cm³/mol. The molecule has 0 aliphatic carbocycles. The molecule has 0 saturated carbocycles. The van der Waals surface area contributed by atoms with Crippen molar-refractivity contribution in [3.8, 4) is 0 Å². The Morgan fingerprint density at radius 1 is 1.43 bits per heavy atom. The molecule has 0 saturated heterocycles. The molecule has 6 nitrogen and oxygen atoms in total. The SMILES string of the molecule is O=[N+]([O-])c1ccc(I)c(S(=O)(=O)O)c1. The van der Waals surface area contributed by atoms with Crippen molar-refractivity contribution in [2.45, 2.75) is 4.90 Å². The molecule has 14 heavy (non-hydrogen) atoms. The molecule has 0 amide bonds. The summed E-state index contributed by atoms with van der Waals surface area (Å²) in [6.07, 6.45) is 0. The monoisotopic (exact) mass is 329 g/mol. The van der Waals surface area contributed by atoms with Crippen LogP contribution in [-0.4, -0.2) is 17.9 Å². The number of rotatable bonds is 2. The Morgan fingerprint density at radius 3 is 2.43 bits per heavy atom. The van der Waals surface area contributed by atoms with E-state index in [9.17, 15) is 18.5 Å². The van der Waals surface area contributed by atoms with E-state index < -0.39 is 19.9 Å². The quantitative estimate of drug-likeness (QED) is 0.383. The Hall–Kier alpha value is -0.740. The molecule has 0 aromatic heterocycles. The highest BCUT2D eigenvalue weighted by atomic mass is 127. The summed E-state index contributed by atoms with van der Waals surface area (Å²) in [7, 11) is -4.40. The maximum atomic E-state index is 10.8. The van der Waals surface area contributed by atoms with Crippen LogP contribution in [0.1, 0.15) is 0 Å². The Kier molecular flexibility index (Phi) is 3.07. The Morgan fingerprint density at radius 2 is 2.00 bits per heavy atom. The van der Waals surface area contributed by atoms with Gasteiger partial charge < -0.3 is 0 Å². The number of hydrogen-bond donors (Lipinski definition) is 1. The number of nitro benzene ring substituents is 1. The normalized spacial score (nSPS) is 11.3. The second kappa shape index (κ2) is 3.79. The fourth-order valence-corrected chi connectivity index (χ4v) is 2.56. The first kappa shape index (κ1) is 11.3. The number of nitro groups is 1. The number of non-ortho nitro benzene ring substituents is 1. The van der Waals surface area contributed by atoms with E-state index in [-0.39, 0.29) is 9.26 Å². The van der Waals surface area contributed by atoms with Gasteiger partial charge in [0, 0.05) is 15.7 Å². The summed E-state index contributed by atoms with van der Waals surface area (Å²) >= 11 is 1.66. The van der Waals surface area contributed by atoms with Gasteiger partial charge in [0.2, 0.25) is 0 Å². The number of halogens is 1. The summed E-state index contributed by atoms with van der Waals surface area (Å²) in [4.78, 5) is 9.14. The van der Waals surface area contributed by atoms with Crippen LogP contribution in [0, 0.1) is 13.7 Å². The summed E-state index contributed by atoms with van der Waals surface area (Å²) in [5.74, 6) is 0. The van der Waals surface area contributed by atoms with E-state index in [1.165, 1.54) is 6.07 Å². The van der Waals surface area contributed by atoms with Crippen molar-refractivity contribution in [3.63, 3.8) is 0 Å². The zero-order valence-corrected chi connectivity index (χ0v) is 9.52. The zero-order valence-electron chi connectivity index (χ0n) is 6.55. The predicted octanol–water partition coefficient (Wildman–Crippen LogP) is 1.45. The molecular weight excluding hydrogens is 325 g/mol. The van der Waals surface area contributed by atoms with Crippen LogP contribution in [-0.2, 0) is 10.1 Å². The van der Waals surface area contributed by atoms with Crippen LogP contribution >= 0.6 is 22.6 Å². The molecule has 0 bridgehead atoms. The summed E-state index contributed by atoms with van der Waals surface area (Å²) in [5.41, 5.74) is -0.377. The first-order valence-corrected chi connectivity index (χ1v) is 5.75. The summed E-state index contributed by atoms with van der Waals surface area (Å²) in [5, 5.41) is 10.3. The van der Waals surface area contributed by atoms with Crippen molar-refractivity contribution < 1.29 is 17.9 Å². The molecule has 0 aliphatic rings. The first-order chi connectivity index (χ1) is 6.32. The molecule has 1 N–H and O–H groups in total. The van der Waals surface area contributed by atoms with Gasteiger partial charge in [0.25, 0.3) is 15.8 Å². The van der Waals surface area contributed by atoms with Gasteiger partial charge in [0.1, 0.15) is 4.90 Å². The average Bonchev–Trinajstić information content (AvgIpc) is 2.02. The lowest BCUT2D eigenvalue weighted by atomic mass is 10.3. The highest BCUT2D eigenvalue weighted by Crippen LogP contribution is 2.23. The highest BCUT2D eigenvalue weighted by Gasteiger charge is 2.18. The molecule has 1 rings (SSSR count). The third kappa shape index (κ3) is 2.39. The lowest BCUT2D eigenvalue weighted by molar-refractivity contribution is -0.385. The largest absolute Gasteiger partial charge is 0.295 e. The molecule has 1 aromatic rings. The molecule has 0 fully saturated rings. The number of benzene rings is 1. The van der Waals surface area contributed by atoms with E-state index in [1.54, 1.807) is 22.6 Å². The summed E-state index contributed by atoms with van der Waals surface area (Å²) < 4.78 is 30.5. The first-order valence-electron chi connectivity index (χ1n) is 3.24. The molecule has 76 valence electrons. The molecule has 8 heteroatoms. The topological polar surface area (TPSA) is 97.5 Å². The highest BCUT2D eigenvalue weighted by molar-refractivity contribution is 14.1. The lowest BCUT2D eigenvalue weighted by Crippen LogP contribution is -2.02. The van der Waals surface area contributed by atoms with E-state index in [0.29, 0.717) is 0 Å². The second-order valence-corrected chi connectivity index (χ2v) is 4.90. The van der Waals surface area contributed by atoms with Gasteiger partial charge in [0.05, 0.1) is 4.92 Å². The third-order valence-corrected chi connectivity index (χ3v) is 3.60. The van der Waals surface area contributed by atoms with E-state index in [4.69, 9.17) is 4.55 Å². The summed E-state index contributed by atoms with van der Waals surface area (Å²) in [6.45, 7) is 0.